The highest BCUT2D eigenvalue weighted by Gasteiger charge is 2.12. The molecule has 2 rings (SSSR count). The fourth-order valence-corrected chi connectivity index (χ4v) is 2.03. The number of rotatable bonds is 4. The number of anilines is 2. The molecule has 0 amide bonds. The molecule has 0 aliphatic rings. The predicted molar refractivity (Wildman–Crippen MR) is 77.2 cm³/mol. The van der Waals surface area contributed by atoms with E-state index in [9.17, 15) is 0 Å². The summed E-state index contributed by atoms with van der Waals surface area (Å²) >= 11 is 3.30. The van der Waals surface area contributed by atoms with Crippen LogP contribution in [0.1, 0.15) is 24.9 Å². The Kier molecular flexibility index (Phi) is 4.15. The Labute approximate surface area is 115 Å². The molecule has 1 aromatic carbocycles. The Balaban J connectivity index is 2.23. The third-order valence-electron chi connectivity index (χ3n) is 2.69. The standard InChI is InChI=1S/C13H15BrN4/c1-2-10(9-6-4-3-5-7-9)17-13-12(15)16-8-11(14)18-13/h3-8,10H,2H2,1H3,(H2,15,16)(H,17,18). The first-order chi connectivity index (χ1) is 8.70. The van der Waals surface area contributed by atoms with Gasteiger partial charge in [0.15, 0.2) is 11.6 Å². The Morgan fingerprint density at radius 2 is 2.06 bits per heavy atom. The first-order valence-corrected chi connectivity index (χ1v) is 6.59. The minimum Gasteiger partial charge on any atom is -0.381 e. The third-order valence-corrected chi connectivity index (χ3v) is 3.07. The molecule has 2 aromatic rings. The van der Waals surface area contributed by atoms with E-state index in [0.29, 0.717) is 16.2 Å². The van der Waals surface area contributed by atoms with Gasteiger partial charge in [0.05, 0.1) is 12.2 Å². The van der Waals surface area contributed by atoms with Crippen molar-refractivity contribution in [2.24, 2.45) is 0 Å². The highest BCUT2D eigenvalue weighted by atomic mass is 79.9. The van der Waals surface area contributed by atoms with E-state index in [1.165, 1.54) is 5.56 Å². The van der Waals surface area contributed by atoms with E-state index in [-0.39, 0.29) is 6.04 Å². The summed E-state index contributed by atoms with van der Waals surface area (Å²) in [5.41, 5.74) is 7.02. The molecule has 5 heteroatoms. The number of nitrogen functional groups attached to an aromatic ring is 1. The van der Waals surface area contributed by atoms with Crippen LogP contribution in [0.15, 0.2) is 41.1 Å². The maximum atomic E-state index is 5.81. The lowest BCUT2D eigenvalue weighted by Gasteiger charge is -2.18. The highest BCUT2D eigenvalue weighted by molar-refractivity contribution is 9.10. The smallest absolute Gasteiger partial charge is 0.170 e. The van der Waals surface area contributed by atoms with Crippen LogP contribution in [0, 0.1) is 0 Å². The molecule has 0 saturated carbocycles. The Morgan fingerprint density at radius 3 is 2.72 bits per heavy atom. The lowest BCUT2D eigenvalue weighted by Crippen LogP contribution is -2.13. The van der Waals surface area contributed by atoms with Crippen LogP contribution in [0.25, 0.3) is 0 Å². The highest BCUT2D eigenvalue weighted by Crippen LogP contribution is 2.24. The number of nitrogens with one attached hydrogen (secondary N) is 1. The van der Waals surface area contributed by atoms with Gasteiger partial charge in [-0.05, 0) is 27.9 Å². The van der Waals surface area contributed by atoms with E-state index >= 15 is 0 Å². The summed E-state index contributed by atoms with van der Waals surface area (Å²) < 4.78 is 0.669. The molecule has 1 unspecified atom stereocenters. The van der Waals surface area contributed by atoms with Gasteiger partial charge in [0.25, 0.3) is 0 Å². The van der Waals surface area contributed by atoms with Crippen molar-refractivity contribution in [1.82, 2.24) is 9.97 Å². The van der Waals surface area contributed by atoms with Crippen LogP contribution in [0.3, 0.4) is 0 Å². The van der Waals surface area contributed by atoms with Gasteiger partial charge in [-0.15, -0.1) is 0 Å². The molecule has 1 atom stereocenters. The Hall–Kier alpha value is -1.62. The monoisotopic (exact) mass is 306 g/mol. The summed E-state index contributed by atoms with van der Waals surface area (Å²) in [6, 6.07) is 10.4. The molecule has 0 radical (unpaired) electrons. The summed E-state index contributed by atoms with van der Waals surface area (Å²) in [6.07, 6.45) is 2.53. The second-order valence-electron chi connectivity index (χ2n) is 3.94. The van der Waals surface area contributed by atoms with Gasteiger partial charge < -0.3 is 11.1 Å². The zero-order chi connectivity index (χ0) is 13.0. The van der Waals surface area contributed by atoms with Crippen molar-refractivity contribution in [3.05, 3.63) is 46.7 Å². The van der Waals surface area contributed by atoms with Crippen LogP contribution < -0.4 is 11.1 Å². The van der Waals surface area contributed by atoms with Crippen molar-refractivity contribution in [1.29, 1.82) is 0 Å². The molecule has 0 saturated heterocycles. The number of hydrogen-bond donors (Lipinski definition) is 2. The van der Waals surface area contributed by atoms with Gasteiger partial charge in [-0.25, -0.2) is 9.97 Å². The summed E-state index contributed by atoms with van der Waals surface area (Å²) in [5.74, 6) is 1.02. The molecule has 4 nitrogen and oxygen atoms in total. The van der Waals surface area contributed by atoms with E-state index in [1.807, 2.05) is 18.2 Å². The number of benzene rings is 1. The maximum Gasteiger partial charge on any atom is 0.170 e. The average Bonchev–Trinajstić information content (AvgIpc) is 2.41. The number of halogens is 1. The average molecular weight is 307 g/mol. The molecule has 0 aliphatic heterocycles. The topological polar surface area (TPSA) is 63.8 Å². The Bertz CT molecular complexity index is 516. The largest absolute Gasteiger partial charge is 0.381 e. The van der Waals surface area contributed by atoms with Gasteiger partial charge in [0.2, 0.25) is 0 Å². The summed E-state index contributed by atoms with van der Waals surface area (Å²) in [7, 11) is 0. The van der Waals surface area contributed by atoms with E-state index in [0.717, 1.165) is 6.42 Å². The quantitative estimate of drug-likeness (QED) is 0.909. The maximum absolute atomic E-state index is 5.81. The Morgan fingerprint density at radius 1 is 1.33 bits per heavy atom. The zero-order valence-corrected chi connectivity index (χ0v) is 11.7. The third kappa shape index (κ3) is 2.98. The van der Waals surface area contributed by atoms with Crippen LogP contribution in [-0.2, 0) is 0 Å². The zero-order valence-electron chi connectivity index (χ0n) is 10.1. The second kappa shape index (κ2) is 5.82. The SMILES string of the molecule is CCC(Nc1nc(Br)cnc1N)c1ccccc1. The van der Waals surface area contributed by atoms with E-state index < -0.39 is 0 Å². The van der Waals surface area contributed by atoms with Gasteiger partial charge in [-0.1, -0.05) is 37.3 Å². The van der Waals surface area contributed by atoms with E-state index in [1.54, 1.807) is 6.20 Å². The van der Waals surface area contributed by atoms with Crippen LogP contribution in [0.5, 0.6) is 0 Å². The lowest BCUT2D eigenvalue weighted by atomic mass is 10.0. The molecule has 0 bridgehead atoms. The minimum atomic E-state index is 0.178. The molecule has 94 valence electrons. The van der Waals surface area contributed by atoms with Crippen molar-refractivity contribution in [3.63, 3.8) is 0 Å². The minimum absolute atomic E-state index is 0.178. The number of nitrogens with two attached hydrogens (primary N) is 1. The van der Waals surface area contributed by atoms with E-state index in [2.05, 4.69) is 50.3 Å². The van der Waals surface area contributed by atoms with Crippen molar-refractivity contribution < 1.29 is 0 Å². The molecule has 0 fully saturated rings. The van der Waals surface area contributed by atoms with Crippen LogP contribution in [0.2, 0.25) is 0 Å². The predicted octanol–water partition coefficient (Wildman–Crippen LogP) is 3.38. The molecule has 3 N–H and O–H groups in total. The van der Waals surface area contributed by atoms with Gasteiger partial charge in [0.1, 0.15) is 4.60 Å². The fourth-order valence-electron chi connectivity index (χ4n) is 1.75. The normalized spacial score (nSPS) is 12.1. The van der Waals surface area contributed by atoms with Gasteiger partial charge in [-0.2, -0.15) is 0 Å². The number of nitrogens with zero attached hydrogens (tertiary/aromatic N) is 2. The second-order valence-corrected chi connectivity index (χ2v) is 4.75. The number of hydrogen-bond acceptors (Lipinski definition) is 4. The molecule has 1 aromatic heterocycles. The molecule has 0 aliphatic carbocycles. The van der Waals surface area contributed by atoms with Crippen molar-refractivity contribution in [3.8, 4) is 0 Å². The molecule has 18 heavy (non-hydrogen) atoms. The first kappa shape index (κ1) is 12.8. The van der Waals surface area contributed by atoms with Gasteiger partial charge >= 0.3 is 0 Å². The van der Waals surface area contributed by atoms with Crippen molar-refractivity contribution >= 4 is 27.6 Å². The molecular weight excluding hydrogens is 292 g/mol. The van der Waals surface area contributed by atoms with Crippen LogP contribution in [0.4, 0.5) is 11.6 Å². The summed E-state index contributed by atoms with van der Waals surface area (Å²) in [5, 5.41) is 3.33. The van der Waals surface area contributed by atoms with E-state index in [4.69, 9.17) is 5.73 Å². The molecular formula is C13H15BrN4. The van der Waals surface area contributed by atoms with Crippen LogP contribution >= 0.6 is 15.9 Å². The fraction of sp³-hybridized carbons (Fsp3) is 0.231. The van der Waals surface area contributed by atoms with Crippen molar-refractivity contribution in [2.45, 2.75) is 19.4 Å². The van der Waals surface area contributed by atoms with Crippen LogP contribution in [-0.4, -0.2) is 9.97 Å². The summed E-state index contributed by atoms with van der Waals surface area (Å²) in [4.78, 5) is 8.37. The summed E-state index contributed by atoms with van der Waals surface area (Å²) in [6.45, 7) is 2.12. The van der Waals surface area contributed by atoms with Gasteiger partial charge in [0, 0.05) is 0 Å². The lowest BCUT2D eigenvalue weighted by molar-refractivity contribution is 0.743. The number of aromatic nitrogens is 2. The molecule has 0 spiro atoms. The molecule has 1 heterocycles. The van der Waals surface area contributed by atoms with Crippen molar-refractivity contribution in [2.75, 3.05) is 11.1 Å². The van der Waals surface area contributed by atoms with Gasteiger partial charge in [-0.3, -0.25) is 0 Å². The first-order valence-electron chi connectivity index (χ1n) is 5.80.